The third-order valence-corrected chi connectivity index (χ3v) is 4.71. The number of aliphatic hydroxyl groups is 1. The zero-order chi connectivity index (χ0) is 15.4. The summed E-state index contributed by atoms with van der Waals surface area (Å²) in [6.07, 6.45) is 1.41. The highest BCUT2D eigenvalue weighted by Crippen LogP contribution is 2.22. The van der Waals surface area contributed by atoms with Crippen LogP contribution in [0.4, 0.5) is 5.69 Å². The molecule has 4 N–H and O–H groups in total. The van der Waals surface area contributed by atoms with Gasteiger partial charge in [0.2, 0.25) is 10.0 Å². The van der Waals surface area contributed by atoms with E-state index in [2.05, 4.69) is 4.72 Å². The van der Waals surface area contributed by atoms with Crippen molar-refractivity contribution in [3.05, 3.63) is 23.8 Å². The third-order valence-electron chi connectivity index (χ3n) is 3.31. The minimum atomic E-state index is -3.55. The Hall–Kier alpha value is -1.11. The van der Waals surface area contributed by atoms with Gasteiger partial charge in [-0.2, -0.15) is 0 Å². The first-order valence-electron chi connectivity index (χ1n) is 6.65. The Labute approximate surface area is 121 Å². The summed E-state index contributed by atoms with van der Waals surface area (Å²) in [5.41, 5.74) is 6.86. The van der Waals surface area contributed by atoms with E-state index in [1.807, 2.05) is 20.8 Å². The van der Waals surface area contributed by atoms with E-state index in [9.17, 15) is 8.42 Å². The van der Waals surface area contributed by atoms with Crippen molar-refractivity contribution in [1.82, 2.24) is 4.72 Å². The SMILES string of the molecule is Cc1ccc(S(=O)(=O)NCC(C)(C)CCCO)cc1N. The lowest BCUT2D eigenvalue weighted by Gasteiger charge is -2.24. The monoisotopic (exact) mass is 300 g/mol. The van der Waals surface area contributed by atoms with Crippen LogP contribution in [0, 0.1) is 12.3 Å². The van der Waals surface area contributed by atoms with Crippen LogP contribution in [0.2, 0.25) is 0 Å². The Kier molecular flexibility index (Phi) is 5.56. The first-order chi connectivity index (χ1) is 9.18. The van der Waals surface area contributed by atoms with Crippen molar-refractivity contribution in [2.75, 3.05) is 18.9 Å². The lowest BCUT2D eigenvalue weighted by molar-refractivity contribution is 0.242. The molecule has 0 saturated heterocycles. The molecule has 1 aromatic rings. The van der Waals surface area contributed by atoms with Crippen LogP contribution in [0.1, 0.15) is 32.3 Å². The maximum Gasteiger partial charge on any atom is 0.240 e. The molecule has 0 heterocycles. The lowest BCUT2D eigenvalue weighted by atomic mass is 9.88. The van der Waals surface area contributed by atoms with Gasteiger partial charge < -0.3 is 10.8 Å². The summed E-state index contributed by atoms with van der Waals surface area (Å²) in [7, 11) is -3.55. The van der Waals surface area contributed by atoms with Gasteiger partial charge in [-0.1, -0.05) is 19.9 Å². The summed E-state index contributed by atoms with van der Waals surface area (Å²) in [5.74, 6) is 0. The summed E-state index contributed by atoms with van der Waals surface area (Å²) in [4.78, 5) is 0.179. The van der Waals surface area contributed by atoms with Crippen LogP contribution in [-0.4, -0.2) is 26.7 Å². The third kappa shape index (κ3) is 4.77. The van der Waals surface area contributed by atoms with E-state index in [1.165, 1.54) is 6.07 Å². The fourth-order valence-electron chi connectivity index (χ4n) is 1.81. The van der Waals surface area contributed by atoms with E-state index in [0.29, 0.717) is 18.7 Å². The highest BCUT2D eigenvalue weighted by atomic mass is 32.2. The van der Waals surface area contributed by atoms with E-state index in [-0.39, 0.29) is 16.9 Å². The van der Waals surface area contributed by atoms with E-state index in [0.717, 1.165) is 12.0 Å². The molecular weight excluding hydrogens is 276 g/mol. The van der Waals surface area contributed by atoms with Crippen LogP contribution in [0.15, 0.2) is 23.1 Å². The number of nitrogens with one attached hydrogen (secondary N) is 1. The van der Waals surface area contributed by atoms with Crippen molar-refractivity contribution in [3.63, 3.8) is 0 Å². The molecule has 6 heteroatoms. The maximum atomic E-state index is 12.2. The summed E-state index contributed by atoms with van der Waals surface area (Å²) < 4.78 is 27.0. The Bertz CT molecular complexity index is 554. The first-order valence-corrected chi connectivity index (χ1v) is 8.13. The van der Waals surface area contributed by atoms with Gasteiger partial charge in [-0.05, 0) is 42.9 Å². The largest absolute Gasteiger partial charge is 0.398 e. The zero-order valence-electron chi connectivity index (χ0n) is 12.3. The summed E-state index contributed by atoms with van der Waals surface area (Å²) in [5, 5.41) is 8.84. The number of nitrogen functional groups attached to an aromatic ring is 1. The van der Waals surface area contributed by atoms with Crippen LogP contribution in [0.5, 0.6) is 0 Å². The normalized spacial score (nSPS) is 12.6. The quantitative estimate of drug-likeness (QED) is 0.668. The molecule has 0 amide bonds. The highest BCUT2D eigenvalue weighted by Gasteiger charge is 2.22. The number of aliphatic hydroxyl groups excluding tert-OH is 1. The number of hydrogen-bond donors (Lipinski definition) is 3. The highest BCUT2D eigenvalue weighted by molar-refractivity contribution is 7.89. The van der Waals surface area contributed by atoms with Gasteiger partial charge in [-0.3, -0.25) is 0 Å². The zero-order valence-corrected chi connectivity index (χ0v) is 13.1. The number of hydrogen-bond acceptors (Lipinski definition) is 4. The number of aryl methyl sites for hydroxylation is 1. The molecule has 0 aliphatic carbocycles. The molecule has 0 spiro atoms. The first kappa shape index (κ1) is 16.9. The van der Waals surface area contributed by atoms with E-state index in [1.54, 1.807) is 12.1 Å². The molecule has 0 unspecified atom stereocenters. The average molecular weight is 300 g/mol. The molecule has 20 heavy (non-hydrogen) atoms. The molecule has 0 aliphatic heterocycles. The van der Waals surface area contributed by atoms with E-state index >= 15 is 0 Å². The number of anilines is 1. The van der Waals surface area contributed by atoms with Gasteiger partial charge in [0, 0.05) is 18.8 Å². The van der Waals surface area contributed by atoms with Crippen molar-refractivity contribution in [2.24, 2.45) is 5.41 Å². The molecule has 0 aromatic heterocycles. The topological polar surface area (TPSA) is 92.4 Å². The Morgan fingerprint density at radius 1 is 1.35 bits per heavy atom. The molecule has 0 atom stereocenters. The van der Waals surface area contributed by atoms with Crippen molar-refractivity contribution in [2.45, 2.75) is 38.5 Å². The Morgan fingerprint density at radius 2 is 2.00 bits per heavy atom. The predicted octanol–water partition coefficient (Wildman–Crippen LogP) is 1.65. The van der Waals surface area contributed by atoms with Crippen molar-refractivity contribution in [1.29, 1.82) is 0 Å². The molecule has 0 bridgehead atoms. The molecule has 0 aliphatic rings. The standard InChI is InChI=1S/C14H24N2O3S/c1-11-5-6-12(9-13(11)15)20(18,19)16-10-14(2,3)7-4-8-17/h5-6,9,16-17H,4,7-8,10,15H2,1-3H3. The Balaban J connectivity index is 2.77. The number of nitrogens with two attached hydrogens (primary N) is 1. The Morgan fingerprint density at radius 3 is 2.55 bits per heavy atom. The van der Waals surface area contributed by atoms with Crippen LogP contribution < -0.4 is 10.5 Å². The van der Waals surface area contributed by atoms with Gasteiger partial charge in [0.25, 0.3) is 0 Å². The minimum Gasteiger partial charge on any atom is -0.398 e. The van der Waals surface area contributed by atoms with Gasteiger partial charge in [-0.25, -0.2) is 13.1 Å². The second-order valence-corrected chi connectivity index (χ2v) is 7.60. The molecule has 0 fully saturated rings. The predicted molar refractivity (Wildman–Crippen MR) is 80.9 cm³/mol. The van der Waals surface area contributed by atoms with Crippen molar-refractivity contribution < 1.29 is 13.5 Å². The molecule has 0 radical (unpaired) electrons. The van der Waals surface area contributed by atoms with Crippen LogP contribution in [0.25, 0.3) is 0 Å². The van der Waals surface area contributed by atoms with Crippen LogP contribution in [0.3, 0.4) is 0 Å². The minimum absolute atomic E-state index is 0.116. The average Bonchev–Trinajstić information content (AvgIpc) is 2.37. The second kappa shape index (κ2) is 6.56. The summed E-state index contributed by atoms with van der Waals surface area (Å²) in [6.45, 7) is 6.20. The van der Waals surface area contributed by atoms with Gasteiger partial charge in [0.05, 0.1) is 4.90 Å². The van der Waals surface area contributed by atoms with E-state index < -0.39 is 10.0 Å². The maximum absolute atomic E-state index is 12.2. The smallest absolute Gasteiger partial charge is 0.240 e. The van der Waals surface area contributed by atoms with Gasteiger partial charge in [0.15, 0.2) is 0 Å². The van der Waals surface area contributed by atoms with Gasteiger partial charge in [0.1, 0.15) is 0 Å². The van der Waals surface area contributed by atoms with Crippen LogP contribution >= 0.6 is 0 Å². The second-order valence-electron chi connectivity index (χ2n) is 5.83. The van der Waals surface area contributed by atoms with Gasteiger partial charge in [-0.15, -0.1) is 0 Å². The fraction of sp³-hybridized carbons (Fsp3) is 0.571. The van der Waals surface area contributed by atoms with Gasteiger partial charge >= 0.3 is 0 Å². The molecule has 1 aromatic carbocycles. The summed E-state index contributed by atoms with van der Waals surface area (Å²) >= 11 is 0. The number of rotatable bonds is 7. The number of sulfonamides is 1. The molecule has 5 nitrogen and oxygen atoms in total. The molecule has 114 valence electrons. The fourth-order valence-corrected chi connectivity index (χ4v) is 3.08. The van der Waals surface area contributed by atoms with Crippen molar-refractivity contribution in [3.8, 4) is 0 Å². The number of benzene rings is 1. The van der Waals surface area contributed by atoms with Crippen molar-refractivity contribution >= 4 is 15.7 Å². The lowest BCUT2D eigenvalue weighted by Crippen LogP contribution is -2.34. The molecule has 0 saturated carbocycles. The molecular formula is C14H24N2O3S. The van der Waals surface area contributed by atoms with Crippen LogP contribution in [-0.2, 0) is 10.0 Å². The summed E-state index contributed by atoms with van der Waals surface area (Å²) in [6, 6.07) is 4.72. The van der Waals surface area contributed by atoms with E-state index in [4.69, 9.17) is 10.8 Å². The molecule has 1 rings (SSSR count).